The van der Waals surface area contributed by atoms with Gasteiger partial charge in [-0.25, -0.2) is 28.6 Å². The number of aliphatic hydroxyl groups excluding tert-OH is 1. The van der Waals surface area contributed by atoms with Gasteiger partial charge in [-0.05, 0) is 75.6 Å². The van der Waals surface area contributed by atoms with Gasteiger partial charge >= 0.3 is 26.5 Å². The predicted octanol–water partition coefficient (Wildman–Crippen LogP) is 8.85. The number of thiazole rings is 1. The molecule has 2 aliphatic carbocycles. The molecular weight excluding hydrogens is 1000 g/mol. The van der Waals surface area contributed by atoms with Crippen molar-refractivity contribution in [3.05, 3.63) is 114 Å². The summed E-state index contributed by atoms with van der Waals surface area (Å²) in [5.41, 5.74) is 1.39. The number of aromatic nitrogens is 2. The molecule has 1 aliphatic heterocycles. The van der Waals surface area contributed by atoms with Crippen molar-refractivity contribution in [2.75, 3.05) is 32.6 Å². The maximum atomic E-state index is 15.5. The van der Waals surface area contributed by atoms with Gasteiger partial charge < -0.3 is 54.2 Å². The van der Waals surface area contributed by atoms with E-state index in [4.69, 9.17) is 38.2 Å². The van der Waals surface area contributed by atoms with E-state index in [1.54, 1.807) is 107 Å². The number of pyridine rings is 1. The molecule has 3 amide bonds. The topological polar surface area (TPSA) is 239 Å². The highest BCUT2D eigenvalue weighted by molar-refractivity contribution is 7.55. The second-order valence-electron chi connectivity index (χ2n) is 20.2. The Balaban J connectivity index is 1.12. The summed E-state index contributed by atoms with van der Waals surface area (Å²) in [5.74, 6) is -1.79. The van der Waals surface area contributed by atoms with Crippen LogP contribution < -0.4 is 25.4 Å². The molecule has 400 valence electrons. The quantitative estimate of drug-likeness (QED) is 0.0166. The third kappa shape index (κ3) is 13.0. The van der Waals surface area contributed by atoms with Gasteiger partial charge in [0.05, 0.1) is 30.4 Å². The van der Waals surface area contributed by atoms with Gasteiger partial charge in [0.15, 0.2) is 23.5 Å². The van der Waals surface area contributed by atoms with E-state index in [9.17, 15) is 14.7 Å². The van der Waals surface area contributed by atoms with E-state index in [-0.39, 0.29) is 37.1 Å². The Kier molecular flexibility index (Phi) is 17.3. The monoisotopic (exact) mass is 1070 g/mol. The van der Waals surface area contributed by atoms with E-state index in [1.165, 1.54) is 22.3 Å². The Morgan fingerprint density at radius 1 is 0.987 bits per heavy atom. The maximum Gasteiger partial charge on any atom is 0.504 e. The fourth-order valence-corrected chi connectivity index (χ4v) is 12.3. The molecule has 0 spiro atoms. The lowest BCUT2D eigenvalue weighted by atomic mass is 9.85. The number of carbonyl (C=O) groups is 4. The lowest BCUT2D eigenvalue weighted by Gasteiger charge is -2.35. The predicted molar refractivity (Wildman–Crippen MR) is 282 cm³/mol. The molecule has 1 saturated heterocycles. The number of hydrogen-bond donors (Lipinski definition) is 4. The number of rotatable bonds is 22. The number of benzene rings is 3. The first-order valence-corrected chi connectivity index (χ1v) is 27.5. The van der Waals surface area contributed by atoms with Crippen LogP contribution in [0.3, 0.4) is 0 Å². The fraction of sp³-hybridized carbons (Fsp3) is 0.444. The number of methoxy groups -OCH3 is 1. The molecule has 19 nitrogen and oxygen atoms in total. The summed E-state index contributed by atoms with van der Waals surface area (Å²) in [5, 5.41) is 21.4. The first-order valence-electron chi connectivity index (χ1n) is 25.0. The van der Waals surface area contributed by atoms with Gasteiger partial charge in [0.1, 0.15) is 41.5 Å². The van der Waals surface area contributed by atoms with Crippen LogP contribution in [0.15, 0.2) is 103 Å². The SMILES string of the molecule is C=CC1C[C@]1(NC(=O)C1CC(Oc2cc(-c3csc(NC(C)C)n3)nc3cc(OC)ccc23)CN1C(=O)C(NC(=O)OC1CCCC1)C(C)(C)C)P(=O)(OCOC(O)c1ccccc1)[OH+]COC(=O)c1ccccc1. The molecule has 2 aromatic heterocycles. The number of alkyl carbamates (subject to hydrolysis) is 1. The van der Waals surface area contributed by atoms with Gasteiger partial charge in [-0.2, -0.15) is 0 Å². The summed E-state index contributed by atoms with van der Waals surface area (Å²) in [4.78, 5) is 68.1. The van der Waals surface area contributed by atoms with E-state index in [0.717, 1.165) is 12.8 Å². The second-order valence-corrected chi connectivity index (χ2v) is 23.4. The van der Waals surface area contributed by atoms with Crippen LogP contribution in [-0.4, -0.2) is 111 Å². The van der Waals surface area contributed by atoms with E-state index < -0.39 is 86.1 Å². The molecule has 0 radical (unpaired) electrons. The van der Waals surface area contributed by atoms with E-state index in [0.29, 0.717) is 57.3 Å². The molecule has 8 rings (SSSR count). The molecule has 7 atom stereocenters. The molecule has 6 unspecified atom stereocenters. The minimum Gasteiger partial charge on any atom is -0.497 e. The Morgan fingerprint density at radius 2 is 1.71 bits per heavy atom. The smallest absolute Gasteiger partial charge is 0.497 e. The molecule has 5 aromatic rings. The average Bonchev–Trinajstić information content (AvgIpc) is 3.79. The third-order valence-corrected chi connectivity index (χ3v) is 16.7. The first kappa shape index (κ1) is 54.8. The van der Waals surface area contributed by atoms with Gasteiger partial charge in [0.2, 0.25) is 11.8 Å². The molecule has 3 aromatic carbocycles. The van der Waals surface area contributed by atoms with Crippen molar-refractivity contribution in [2.45, 2.75) is 115 Å². The first-order chi connectivity index (χ1) is 35.9. The van der Waals surface area contributed by atoms with Gasteiger partial charge in [0, 0.05) is 46.8 Å². The number of nitrogens with zero attached hydrogens (tertiary/aromatic N) is 3. The van der Waals surface area contributed by atoms with Crippen LogP contribution in [0.25, 0.3) is 22.3 Å². The highest BCUT2D eigenvalue weighted by Crippen LogP contribution is 2.71. The van der Waals surface area contributed by atoms with Crippen LogP contribution in [-0.2, 0) is 32.9 Å². The van der Waals surface area contributed by atoms with Crippen LogP contribution in [0.1, 0.15) is 95.4 Å². The van der Waals surface area contributed by atoms with Crippen LogP contribution in [0.5, 0.6) is 11.5 Å². The third-order valence-electron chi connectivity index (χ3n) is 13.4. The summed E-state index contributed by atoms with van der Waals surface area (Å²) in [6.07, 6.45) is 1.41. The molecule has 3 aliphatic rings. The number of fused-ring (bicyclic) bond motifs is 1. The zero-order valence-electron chi connectivity index (χ0n) is 42.9. The highest BCUT2D eigenvalue weighted by Gasteiger charge is 2.73. The van der Waals surface area contributed by atoms with Gasteiger partial charge in [0.25, 0.3) is 0 Å². The van der Waals surface area contributed by atoms with Crippen molar-refractivity contribution in [1.29, 1.82) is 0 Å². The van der Waals surface area contributed by atoms with E-state index in [2.05, 4.69) is 27.1 Å². The van der Waals surface area contributed by atoms with Crippen molar-refractivity contribution in [3.8, 4) is 22.9 Å². The number of likely N-dealkylation sites (tertiary alicyclic amines) is 1. The Hall–Kier alpha value is -6.41. The Morgan fingerprint density at radius 3 is 2.37 bits per heavy atom. The van der Waals surface area contributed by atoms with E-state index in [1.807, 2.05) is 25.3 Å². The zero-order valence-corrected chi connectivity index (χ0v) is 44.6. The number of carbonyl (C=O) groups excluding carboxylic acids is 4. The van der Waals surface area contributed by atoms with Crippen LogP contribution in [0.4, 0.5) is 9.93 Å². The Bertz CT molecular complexity index is 2880. The number of esters is 1. The number of anilines is 1. The van der Waals surface area contributed by atoms with Crippen molar-refractivity contribution >= 4 is 58.8 Å². The van der Waals surface area contributed by atoms with E-state index >= 15 is 14.2 Å². The van der Waals surface area contributed by atoms with Gasteiger partial charge in [-0.3, -0.25) is 9.59 Å². The van der Waals surface area contributed by atoms with Crippen molar-refractivity contribution in [1.82, 2.24) is 25.5 Å². The molecular formula is C54H66N6O13PS+. The summed E-state index contributed by atoms with van der Waals surface area (Å²) in [6.45, 7) is 11.8. The molecule has 5 N–H and O–H groups in total. The summed E-state index contributed by atoms with van der Waals surface area (Å²) in [6, 6.07) is 21.4. The second kappa shape index (κ2) is 23.6. The summed E-state index contributed by atoms with van der Waals surface area (Å²) < 4.78 is 55.0. The number of nitrogens with one attached hydrogen (secondary N) is 3. The number of aliphatic hydroxyl groups is 2. The average molecular weight is 1070 g/mol. The van der Waals surface area contributed by atoms with Crippen LogP contribution in [0.2, 0.25) is 0 Å². The van der Waals surface area contributed by atoms with Crippen LogP contribution >= 0.6 is 18.9 Å². The number of hydrogen-bond acceptors (Lipinski definition) is 16. The molecule has 75 heavy (non-hydrogen) atoms. The van der Waals surface area contributed by atoms with Crippen LogP contribution in [0, 0.1) is 11.3 Å². The van der Waals surface area contributed by atoms with Gasteiger partial charge in [-0.15, -0.1) is 17.9 Å². The fourth-order valence-electron chi connectivity index (χ4n) is 9.29. The molecule has 21 heteroatoms. The number of amides is 3. The molecule has 3 heterocycles. The van der Waals surface area contributed by atoms with Crippen molar-refractivity contribution < 1.29 is 61.6 Å². The van der Waals surface area contributed by atoms with Crippen molar-refractivity contribution in [3.63, 3.8) is 0 Å². The molecule has 3 fully saturated rings. The number of ether oxygens (including phenoxy) is 5. The summed E-state index contributed by atoms with van der Waals surface area (Å²) >= 11 is 1.43. The molecule has 2 saturated carbocycles. The standard InChI is InChI=1S/C54H65N6O13PS/c1-8-36-28-54(36,74(66,70-31-68-49(63)34-17-11-9-12-18-34)71-32-69-50(64)35-19-13-10-14-20-35)59-47(61)44-26-39(29-60(44)48(62)46(53(4,5)6)58-52(65)73-37-21-15-16-22-37)72-45-27-42(43-30-75-51(57-43)55-33(2)3)56-41-25-38(67-7)23-24-40(41)45/h8-14,17-20,23-25,27,30,33,36-37,39,44,46,49,63H,1,15-16,21-22,26,28-29,31-32H2,2-7H3,(H,55,57)(H,58,65)(H,59,61)/p+1/t36?,39?,44?,46?,49?,54-,74?/m0/s1. The largest absolute Gasteiger partial charge is 0.504 e. The normalized spacial score (nSPS) is 21.2. The molecule has 0 bridgehead atoms. The van der Waals surface area contributed by atoms with Gasteiger partial charge in [-0.1, -0.05) is 75.4 Å². The maximum absolute atomic E-state index is 15.5. The summed E-state index contributed by atoms with van der Waals surface area (Å²) in [7, 11) is -3.01. The Labute approximate surface area is 440 Å². The minimum absolute atomic E-state index is 0.0247. The lowest BCUT2D eigenvalue weighted by molar-refractivity contribution is -0.155. The highest BCUT2D eigenvalue weighted by atomic mass is 32.1. The zero-order chi connectivity index (χ0) is 53.5. The lowest BCUT2D eigenvalue weighted by Crippen LogP contribution is -2.58. The van der Waals surface area contributed by atoms with Crippen molar-refractivity contribution in [2.24, 2.45) is 11.3 Å². The minimum atomic E-state index is -4.57.